The zero-order valence-electron chi connectivity index (χ0n) is 11.8. The second-order valence-electron chi connectivity index (χ2n) is 4.35. The lowest BCUT2D eigenvalue weighted by atomic mass is 10.3. The molecule has 0 radical (unpaired) electrons. The van der Waals surface area contributed by atoms with Gasteiger partial charge in [-0.05, 0) is 25.5 Å². The fourth-order valence-corrected chi connectivity index (χ4v) is 1.42. The highest BCUT2D eigenvalue weighted by Gasteiger charge is 2.15. The summed E-state index contributed by atoms with van der Waals surface area (Å²) in [6.07, 6.45) is 2.04. The highest BCUT2D eigenvalue weighted by Crippen LogP contribution is 2.06. The predicted octanol–water partition coefficient (Wildman–Crippen LogP) is 0.816. The van der Waals surface area contributed by atoms with E-state index in [0.29, 0.717) is 12.2 Å². The molecule has 1 rings (SSSR count). The summed E-state index contributed by atoms with van der Waals surface area (Å²) in [6.45, 7) is 4.04. The number of urea groups is 1. The van der Waals surface area contributed by atoms with Gasteiger partial charge in [0.15, 0.2) is 0 Å². The number of nitrogens with one attached hydrogen (secondary N) is 3. The average molecular weight is 294 g/mol. The Labute approximate surface area is 121 Å². The van der Waals surface area contributed by atoms with Crippen LogP contribution in [0.3, 0.4) is 0 Å². The molecule has 0 saturated carbocycles. The summed E-state index contributed by atoms with van der Waals surface area (Å²) in [6, 6.07) is 1.44. The van der Waals surface area contributed by atoms with E-state index >= 15 is 0 Å². The van der Waals surface area contributed by atoms with Gasteiger partial charge in [0, 0.05) is 6.54 Å². The lowest BCUT2D eigenvalue weighted by molar-refractivity contribution is -0.122. The van der Waals surface area contributed by atoms with Crippen molar-refractivity contribution < 1.29 is 19.5 Å². The first-order valence-corrected chi connectivity index (χ1v) is 6.48. The standard InChI is InChI=1S/C13H18N4O4/c1-3-6-14-11(18)8(2)16-13(21)17-9-4-5-10(12(19)20)15-7-9/h4-5,7-8H,3,6H2,1-2H3,(H,14,18)(H,19,20)(H2,16,17,21). The molecule has 1 aromatic rings. The number of carbonyl (C=O) groups excluding carboxylic acids is 2. The number of rotatable bonds is 6. The Bertz CT molecular complexity index is 515. The van der Waals surface area contributed by atoms with Gasteiger partial charge in [0.2, 0.25) is 5.91 Å². The third kappa shape index (κ3) is 5.47. The minimum atomic E-state index is -1.15. The highest BCUT2D eigenvalue weighted by atomic mass is 16.4. The number of carboxylic acid groups (broad SMARTS) is 1. The van der Waals surface area contributed by atoms with E-state index in [9.17, 15) is 14.4 Å². The number of aromatic carboxylic acids is 1. The molecule has 4 N–H and O–H groups in total. The van der Waals surface area contributed by atoms with Crippen LogP contribution in [0.2, 0.25) is 0 Å². The topological polar surface area (TPSA) is 120 Å². The van der Waals surface area contributed by atoms with Gasteiger partial charge in [-0.1, -0.05) is 6.92 Å². The van der Waals surface area contributed by atoms with Crippen molar-refractivity contribution in [3.8, 4) is 0 Å². The zero-order valence-corrected chi connectivity index (χ0v) is 11.8. The van der Waals surface area contributed by atoms with Gasteiger partial charge in [-0.15, -0.1) is 0 Å². The van der Waals surface area contributed by atoms with Crippen LogP contribution in [0.4, 0.5) is 10.5 Å². The van der Waals surface area contributed by atoms with Crippen LogP contribution >= 0.6 is 0 Å². The number of pyridine rings is 1. The van der Waals surface area contributed by atoms with E-state index in [1.54, 1.807) is 6.92 Å². The molecule has 0 saturated heterocycles. The fraction of sp³-hybridized carbons (Fsp3) is 0.385. The lowest BCUT2D eigenvalue weighted by Crippen LogP contribution is -2.46. The Balaban J connectivity index is 2.49. The number of hydrogen-bond acceptors (Lipinski definition) is 4. The van der Waals surface area contributed by atoms with Gasteiger partial charge >= 0.3 is 12.0 Å². The van der Waals surface area contributed by atoms with E-state index in [1.807, 2.05) is 6.92 Å². The quantitative estimate of drug-likeness (QED) is 0.619. The first kappa shape index (κ1) is 16.4. The number of anilines is 1. The van der Waals surface area contributed by atoms with Gasteiger partial charge in [-0.3, -0.25) is 4.79 Å². The molecule has 0 spiro atoms. The van der Waals surface area contributed by atoms with Crippen LogP contribution in [0.1, 0.15) is 30.8 Å². The molecule has 8 heteroatoms. The molecule has 0 fully saturated rings. The Hall–Kier alpha value is -2.64. The SMILES string of the molecule is CCCNC(=O)C(C)NC(=O)Nc1ccc(C(=O)O)nc1. The highest BCUT2D eigenvalue weighted by molar-refractivity contribution is 5.93. The molecule has 1 aromatic heterocycles. The number of aromatic nitrogens is 1. The summed E-state index contributed by atoms with van der Waals surface area (Å²) in [4.78, 5) is 37.6. The molecule has 21 heavy (non-hydrogen) atoms. The summed E-state index contributed by atoms with van der Waals surface area (Å²) >= 11 is 0. The zero-order chi connectivity index (χ0) is 15.8. The van der Waals surface area contributed by atoms with Crippen molar-refractivity contribution in [3.05, 3.63) is 24.0 Å². The van der Waals surface area contributed by atoms with Gasteiger partial charge in [-0.25, -0.2) is 14.6 Å². The summed E-state index contributed by atoms with van der Waals surface area (Å²) in [5.41, 5.74) is 0.215. The van der Waals surface area contributed by atoms with Gasteiger partial charge < -0.3 is 21.1 Å². The first-order chi connectivity index (χ1) is 9.93. The number of amides is 3. The maximum absolute atomic E-state index is 11.7. The molecule has 1 heterocycles. The Morgan fingerprint density at radius 3 is 2.57 bits per heavy atom. The Kier molecular flexibility index (Phi) is 6.12. The summed E-state index contributed by atoms with van der Waals surface area (Å²) in [7, 11) is 0. The van der Waals surface area contributed by atoms with Crippen LogP contribution in [0.15, 0.2) is 18.3 Å². The molecule has 1 unspecified atom stereocenters. The second-order valence-corrected chi connectivity index (χ2v) is 4.35. The molecule has 8 nitrogen and oxygen atoms in total. The second kappa shape index (κ2) is 7.83. The van der Waals surface area contributed by atoms with Crippen molar-refractivity contribution >= 4 is 23.6 Å². The molecule has 114 valence electrons. The molecular formula is C13H18N4O4. The first-order valence-electron chi connectivity index (χ1n) is 6.48. The molecule has 0 aliphatic carbocycles. The number of hydrogen-bond donors (Lipinski definition) is 4. The van der Waals surface area contributed by atoms with Crippen molar-refractivity contribution in [3.63, 3.8) is 0 Å². The number of carbonyl (C=O) groups is 3. The van der Waals surface area contributed by atoms with Gasteiger partial charge in [-0.2, -0.15) is 0 Å². The largest absolute Gasteiger partial charge is 0.477 e. The predicted molar refractivity (Wildman–Crippen MR) is 76.1 cm³/mol. The van der Waals surface area contributed by atoms with Crippen LogP contribution in [0.5, 0.6) is 0 Å². The van der Waals surface area contributed by atoms with Crippen molar-refractivity contribution in [2.45, 2.75) is 26.3 Å². The van der Waals surface area contributed by atoms with Gasteiger partial charge in [0.1, 0.15) is 11.7 Å². The molecular weight excluding hydrogens is 276 g/mol. The third-order valence-electron chi connectivity index (χ3n) is 2.53. The van der Waals surface area contributed by atoms with E-state index < -0.39 is 18.0 Å². The van der Waals surface area contributed by atoms with Crippen LogP contribution in [0, 0.1) is 0 Å². The number of nitrogens with zero attached hydrogens (tertiary/aromatic N) is 1. The van der Waals surface area contributed by atoms with Crippen LogP contribution in [-0.2, 0) is 4.79 Å². The van der Waals surface area contributed by atoms with Gasteiger partial charge in [0.05, 0.1) is 11.9 Å². The molecule has 0 aromatic carbocycles. The van der Waals surface area contributed by atoms with Crippen molar-refractivity contribution in [2.75, 3.05) is 11.9 Å². The van der Waals surface area contributed by atoms with E-state index in [1.165, 1.54) is 18.3 Å². The monoisotopic (exact) mass is 294 g/mol. The van der Waals surface area contributed by atoms with E-state index in [2.05, 4.69) is 20.9 Å². The number of carboxylic acids is 1. The third-order valence-corrected chi connectivity index (χ3v) is 2.53. The summed E-state index contributed by atoms with van der Waals surface area (Å²) < 4.78 is 0. The van der Waals surface area contributed by atoms with Crippen molar-refractivity contribution in [1.82, 2.24) is 15.6 Å². The van der Waals surface area contributed by atoms with Crippen molar-refractivity contribution in [1.29, 1.82) is 0 Å². The van der Waals surface area contributed by atoms with E-state index in [0.717, 1.165) is 6.42 Å². The Morgan fingerprint density at radius 1 is 1.33 bits per heavy atom. The summed E-state index contributed by atoms with van der Waals surface area (Å²) in [5, 5.41) is 16.3. The molecule has 0 aliphatic rings. The van der Waals surface area contributed by atoms with Crippen LogP contribution in [-0.4, -0.2) is 40.6 Å². The normalized spacial score (nSPS) is 11.3. The minimum Gasteiger partial charge on any atom is -0.477 e. The fourth-order valence-electron chi connectivity index (χ4n) is 1.42. The minimum absolute atomic E-state index is 0.117. The Morgan fingerprint density at radius 2 is 2.05 bits per heavy atom. The molecule has 0 aliphatic heterocycles. The van der Waals surface area contributed by atoms with Gasteiger partial charge in [0.25, 0.3) is 0 Å². The van der Waals surface area contributed by atoms with Crippen LogP contribution in [0.25, 0.3) is 0 Å². The maximum atomic E-state index is 11.7. The van der Waals surface area contributed by atoms with Crippen molar-refractivity contribution in [2.24, 2.45) is 0 Å². The average Bonchev–Trinajstić information content (AvgIpc) is 2.45. The maximum Gasteiger partial charge on any atom is 0.354 e. The van der Waals surface area contributed by atoms with E-state index in [-0.39, 0.29) is 11.6 Å². The lowest BCUT2D eigenvalue weighted by Gasteiger charge is -2.14. The van der Waals surface area contributed by atoms with Crippen LogP contribution < -0.4 is 16.0 Å². The molecule has 1 atom stereocenters. The van der Waals surface area contributed by atoms with E-state index in [4.69, 9.17) is 5.11 Å². The molecule has 3 amide bonds. The summed E-state index contributed by atoms with van der Waals surface area (Å²) in [5.74, 6) is -1.42. The molecule has 0 bridgehead atoms. The smallest absolute Gasteiger partial charge is 0.354 e.